The van der Waals surface area contributed by atoms with Crippen molar-refractivity contribution in [2.75, 3.05) is 13.7 Å². The van der Waals surface area contributed by atoms with Crippen molar-refractivity contribution in [3.8, 4) is 11.5 Å². The fourth-order valence-electron chi connectivity index (χ4n) is 2.63. The predicted molar refractivity (Wildman–Crippen MR) is 97.6 cm³/mol. The van der Waals surface area contributed by atoms with Crippen molar-refractivity contribution < 1.29 is 19.2 Å². The maximum Gasteiger partial charge on any atom is 0.311 e. The normalized spacial score (nSPS) is 11.5. The van der Waals surface area contributed by atoms with Crippen LogP contribution in [0.2, 0.25) is 0 Å². The number of nitro groups is 1. The molecule has 0 saturated heterocycles. The highest BCUT2D eigenvalue weighted by molar-refractivity contribution is 5.78. The van der Waals surface area contributed by atoms with Gasteiger partial charge in [0.15, 0.2) is 6.61 Å². The SMILES string of the molecule is COc1cc(OCC(=O)NC(C)c2cc(C)ccc2C)ccc1[N+](=O)[O-]. The second-order valence-electron chi connectivity index (χ2n) is 6.03. The third-order valence-electron chi connectivity index (χ3n) is 4.00. The van der Waals surface area contributed by atoms with Gasteiger partial charge in [0.05, 0.1) is 18.1 Å². The van der Waals surface area contributed by atoms with Crippen LogP contribution in [0, 0.1) is 24.0 Å². The second kappa shape index (κ2) is 8.33. The maximum absolute atomic E-state index is 12.2. The monoisotopic (exact) mass is 358 g/mol. The van der Waals surface area contributed by atoms with E-state index >= 15 is 0 Å². The van der Waals surface area contributed by atoms with E-state index in [1.807, 2.05) is 39.0 Å². The lowest BCUT2D eigenvalue weighted by molar-refractivity contribution is -0.385. The van der Waals surface area contributed by atoms with Crippen LogP contribution in [-0.2, 0) is 4.79 Å². The van der Waals surface area contributed by atoms with Crippen molar-refractivity contribution in [3.05, 3.63) is 63.2 Å². The van der Waals surface area contributed by atoms with Crippen molar-refractivity contribution in [2.24, 2.45) is 0 Å². The van der Waals surface area contributed by atoms with Crippen LogP contribution in [0.3, 0.4) is 0 Å². The van der Waals surface area contributed by atoms with Gasteiger partial charge in [-0.25, -0.2) is 0 Å². The van der Waals surface area contributed by atoms with E-state index in [2.05, 4.69) is 5.32 Å². The number of ether oxygens (including phenoxy) is 2. The largest absolute Gasteiger partial charge is 0.490 e. The predicted octanol–water partition coefficient (Wildman–Crippen LogP) is 3.48. The molecule has 2 aromatic carbocycles. The summed E-state index contributed by atoms with van der Waals surface area (Å²) in [5, 5.41) is 13.8. The molecule has 7 heteroatoms. The molecule has 1 amide bonds. The molecule has 0 spiro atoms. The van der Waals surface area contributed by atoms with Crippen LogP contribution in [0.25, 0.3) is 0 Å². The van der Waals surface area contributed by atoms with Gasteiger partial charge in [-0.2, -0.15) is 0 Å². The Morgan fingerprint density at radius 3 is 2.62 bits per heavy atom. The lowest BCUT2D eigenvalue weighted by Crippen LogP contribution is -2.31. The summed E-state index contributed by atoms with van der Waals surface area (Å²) in [6.07, 6.45) is 0. The molecule has 26 heavy (non-hydrogen) atoms. The van der Waals surface area contributed by atoms with Crippen LogP contribution in [0.15, 0.2) is 36.4 Å². The van der Waals surface area contributed by atoms with Gasteiger partial charge in [-0.15, -0.1) is 0 Å². The lowest BCUT2D eigenvalue weighted by Gasteiger charge is -2.17. The molecule has 1 atom stereocenters. The van der Waals surface area contributed by atoms with Crippen LogP contribution >= 0.6 is 0 Å². The minimum atomic E-state index is -0.540. The van der Waals surface area contributed by atoms with Gasteiger partial charge < -0.3 is 14.8 Å². The number of carbonyl (C=O) groups excluding carboxylic acids is 1. The van der Waals surface area contributed by atoms with Crippen LogP contribution in [0.5, 0.6) is 11.5 Å². The minimum absolute atomic E-state index is 0.0802. The molecule has 0 aliphatic carbocycles. The maximum atomic E-state index is 12.2. The van der Waals surface area contributed by atoms with Crippen LogP contribution in [-0.4, -0.2) is 24.5 Å². The molecule has 0 heterocycles. The molecule has 0 bridgehead atoms. The Labute approximate surface area is 152 Å². The topological polar surface area (TPSA) is 90.7 Å². The summed E-state index contributed by atoms with van der Waals surface area (Å²) in [7, 11) is 1.34. The first-order valence-electron chi connectivity index (χ1n) is 8.13. The van der Waals surface area contributed by atoms with Crippen molar-refractivity contribution in [1.82, 2.24) is 5.32 Å². The first-order chi connectivity index (χ1) is 12.3. The highest BCUT2D eigenvalue weighted by atomic mass is 16.6. The van der Waals surface area contributed by atoms with Gasteiger partial charge in [-0.3, -0.25) is 14.9 Å². The fourth-order valence-corrected chi connectivity index (χ4v) is 2.63. The number of carbonyl (C=O) groups is 1. The number of aryl methyl sites for hydroxylation is 2. The molecule has 0 radical (unpaired) electrons. The summed E-state index contributed by atoms with van der Waals surface area (Å²) in [4.78, 5) is 22.5. The molecule has 7 nitrogen and oxygen atoms in total. The van der Waals surface area contributed by atoms with E-state index < -0.39 is 4.92 Å². The Hall–Kier alpha value is -3.09. The van der Waals surface area contributed by atoms with E-state index in [0.29, 0.717) is 5.75 Å². The number of hydrogen-bond acceptors (Lipinski definition) is 5. The summed E-state index contributed by atoms with van der Waals surface area (Å²) >= 11 is 0. The average Bonchev–Trinajstić information content (AvgIpc) is 2.61. The minimum Gasteiger partial charge on any atom is -0.490 e. The van der Waals surface area contributed by atoms with E-state index in [9.17, 15) is 14.9 Å². The first-order valence-corrected chi connectivity index (χ1v) is 8.13. The molecular formula is C19H22N2O5. The zero-order chi connectivity index (χ0) is 19.3. The molecule has 2 aromatic rings. The molecule has 138 valence electrons. The summed E-state index contributed by atoms with van der Waals surface area (Å²) in [6.45, 7) is 5.71. The Morgan fingerprint density at radius 1 is 1.23 bits per heavy atom. The number of hydrogen-bond donors (Lipinski definition) is 1. The third kappa shape index (κ3) is 4.72. The summed E-state index contributed by atoms with van der Waals surface area (Å²) < 4.78 is 10.4. The summed E-state index contributed by atoms with van der Waals surface area (Å²) in [5.41, 5.74) is 3.12. The zero-order valence-corrected chi connectivity index (χ0v) is 15.2. The molecule has 0 saturated carbocycles. The number of methoxy groups -OCH3 is 1. The Kier molecular flexibility index (Phi) is 6.16. The number of nitrogens with zero attached hydrogens (tertiary/aromatic N) is 1. The standard InChI is InChI=1S/C19H22N2O5/c1-12-5-6-13(2)16(9-12)14(3)20-19(22)11-26-15-7-8-17(21(23)24)18(10-15)25-4/h5-10,14H,11H2,1-4H3,(H,20,22). The summed E-state index contributed by atoms with van der Waals surface area (Å²) in [5.74, 6) is 0.120. The lowest BCUT2D eigenvalue weighted by atomic mass is 10.00. The van der Waals surface area contributed by atoms with Crippen LogP contribution < -0.4 is 14.8 Å². The van der Waals surface area contributed by atoms with Gasteiger partial charge in [0.25, 0.3) is 5.91 Å². The highest BCUT2D eigenvalue weighted by Gasteiger charge is 2.16. The van der Waals surface area contributed by atoms with Gasteiger partial charge in [0, 0.05) is 12.1 Å². The summed E-state index contributed by atoms with van der Waals surface area (Å²) in [6, 6.07) is 10.0. The average molecular weight is 358 g/mol. The van der Waals surface area contributed by atoms with Crippen molar-refractivity contribution >= 4 is 11.6 Å². The van der Waals surface area contributed by atoms with Crippen molar-refractivity contribution in [1.29, 1.82) is 0 Å². The molecule has 0 fully saturated rings. The number of benzene rings is 2. The van der Waals surface area contributed by atoms with E-state index in [1.54, 1.807) is 0 Å². The molecule has 0 aliphatic rings. The smallest absolute Gasteiger partial charge is 0.311 e. The molecule has 1 unspecified atom stereocenters. The molecule has 1 N–H and O–H groups in total. The van der Waals surface area contributed by atoms with Crippen LogP contribution in [0.1, 0.15) is 29.7 Å². The number of amides is 1. The highest BCUT2D eigenvalue weighted by Crippen LogP contribution is 2.30. The van der Waals surface area contributed by atoms with Crippen molar-refractivity contribution in [3.63, 3.8) is 0 Å². The second-order valence-corrected chi connectivity index (χ2v) is 6.03. The van der Waals surface area contributed by atoms with Gasteiger partial charge >= 0.3 is 5.69 Å². The third-order valence-corrected chi connectivity index (χ3v) is 4.00. The molecule has 0 aliphatic heterocycles. The molecular weight excluding hydrogens is 336 g/mol. The van der Waals surface area contributed by atoms with E-state index in [0.717, 1.165) is 16.7 Å². The van der Waals surface area contributed by atoms with Crippen LogP contribution in [0.4, 0.5) is 5.69 Å². The molecule has 2 rings (SSSR count). The number of nitro benzene ring substituents is 1. The van der Waals surface area contributed by atoms with E-state index in [1.165, 1.54) is 25.3 Å². The van der Waals surface area contributed by atoms with Crippen molar-refractivity contribution in [2.45, 2.75) is 26.8 Å². The van der Waals surface area contributed by atoms with Gasteiger partial charge in [-0.05, 0) is 38.0 Å². The Balaban J connectivity index is 1.98. The fraction of sp³-hybridized carbons (Fsp3) is 0.316. The zero-order valence-electron chi connectivity index (χ0n) is 15.2. The quantitative estimate of drug-likeness (QED) is 0.604. The Bertz CT molecular complexity index is 820. The molecule has 0 aromatic heterocycles. The van der Waals surface area contributed by atoms with Gasteiger partial charge in [0.1, 0.15) is 5.75 Å². The number of rotatable bonds is 7. The van der Waals surface area contributed by atoms with Gasteiger partial charge in [-0.1, -0.05) is 23.8 Å². The Morgan fingerprint density at radius 2 is 1.96 bits per heavy atom. The van der Waals surface area contributed by atoms with E-state index in [-0.39, 0.29) is 30.0 Å². The number of nitrogens with one attached hydrogen (secondary N) is 1. The van der Waals surface area contributed by atoms with Gasteiger partial charge in [0.2, 0.25) is 5.75 Å². The first kappa shape index (κ1) is 19.2. The van der Waals surface area contributed by atoms with E-state index in [4.69, 9.17) is 9.47 Å².